The molecule has 0 unspecified atom stereocenters. The van der Waals surface area contributed by atoms with E-state index in [4.69, 9.17) is 16.3 Å². The number of ether oxygens (including phenoxy) is 1. The van der Waals surface area contributed by atoms with Crippen LogP contribution in [0.25, 0.3) is 5.95 Å². The normalized spacial score (nSPS) is 13.8. The molecule has 2 heterocycles. The highest BCUT2D eigenvalue weighted by molar-refractivity contribution is 6.30. The molecule has 2 aromatic heterocycles. The summed E-state index contributed by atoms with van der Waals surface area (Å²) in [7, 11) is 0. The molecule has 1 saturated carbocycles. The minimum Gasteiger partial charge on any atom is -0.478 e. The van der Waals surface area contributed by atoms with Crippen molar-refractivity contribution in [3.63, 3.8) is 0 Å². The van der Waals surface area contributed by atoms with Crippen LogP contribution in [-0.2, 0) is 4.79 Å². The fourth-order valence-corrected chi connectivity index (χ4v) is 3.20. The van der Waals surface area contributed by atoms with Gasteiger partial charge < -0.3 is 10.1 Å². The van der Waals surface area contributed by atoms with Crippen molar-refractivity contribution in [2.45, 2.75) is 52.1 Å². The molecule has 0 spiro atoms. The van der Waals surface area contributed by atoms with Crippen molar-refractivity contribution in [2.24, 2.45) is 0 Å². The summed E-state index contributed by atoms with van der Waals surface area (Å²) in [6.07, 6.45) is 2.10. The molecule has 1 aliphatic rings. The number of carbonyl (C=O) groups is 1. The van der Waals surface area contributed by atoms with Crippen LogP contribution in [0, 0.1) is 13.8 Å². The van der Waals surface area contributed by atoms with Crippen LogP contribution in [0.1, 0.15) is 49.6 Å². The van der Waals surface area contributed by atoms with Crippen LogP contribution in [-0.4, -0.2) is 31.3 Å². The Kier molecular flexibility index (Phi) is 5.35. The number of benzene rings is 1. The summed E-state index contributed by atoms with van der Waals surface area (Å²) in [6, 6.07) is 8.63. The number of rotatable bonds is 6. The number of hydrogen-bond donors (Lipinski definition) is 2. The first-order chi connectivity index (χ1) is 14.6. The summed E-state index contributed by atoms with van der Waals surface area (Å²) in [5.41, 5.74) is 0.585. The van der Waals surface area contributed by atoms with E-state index in [2.05, 4.69) is 20.4 Å². The van der Waals surface area contributed by atoms with Gasteiger partial charge in [-0.05, 0) is 64.8 Å². The van der Waals surface area contributed by atoms with E-state index in [1.54, 1.807) is 52.0 Å². The molecule has 2 N–H and O–H groups in total. The van der Waals surface area contributed by atoms with Crippen molar-refractivity contribution in [1.82, 2.24) is 19.7 Å². The topological polar surface area (TPSA) is 102 Å². The summed E-state index contributed by atoms with van der Waals surface area (Å²) in [4.78, 5) is 32.5. The number of anilines is 1. The van der Waals surface area contributed by atoms with Gasteiger partial charge in [-0.3, -0.25) is 14.6 Å². The van der Waals surface area contributed by atoms with E-state index in [-0.39, 0.29) is 17.4 Å². The van der Waals surface area contributed by atoms with E-state index in [9.17, 15) is 9.59 Å². The molecule has 0 bridgehead atoms. The number of halogens is 1. The molecule has 31 heavy (non-hydrogen) atoms. The third-order valence-corrected chi connectivity index (χ3v) is 5.53. The second-order valence-electron chi connectivity index (χ2n) is 8.26. The molecule has 0 radical (unpaired) electrons. The van der Waals surface area contributed by atoms with Crippen molar-refractivity contribution in [1.29, 1.82) is 0 Å². The molecule has 1 amide bonds. The van der Waals surface area contributed by atoms with E-state index in [1.165, 1.54) is 4.68 Å². The summed E-state index contributed by atoms with van der Waals surface area (Å²) < 4.78 is 7.35. The molecule has 0 aliphatic heterocycles. The minimum absolute atomic E-state index is 0.241. The largest absolute Gasteiger partial charge is 0.478 e. The monoisotopic (exact) mass is 441 g/mol. The quantitative estimate of drug-likeness (QED) is 0.604. The number of aromatic amines is 1. The predicted molar refractivity (Wildman–Crippen MR) is 118 cm³/mol. The molecule has 0 atom stereocenters. The van der Waals surface area contributed by atoms with Crippen LogP contribution in [0.3, 0.4) is 0 Å². The van der Waals surface area contributed by atoms with Crippen LogP contribution in [0.2, 0.25) is 5.02 Å². The third kappa shape index (κ3) is 4.49. The van der Waals surface area contributed by atoms with Crippen molar-refractivity contribution < 1.29 is 9.53 Å². The molecule has 4 rings (SSSR count). The van der Waals surface area contributed by atoms with Gasteiger partial charge in [0.25, 0.3) is 11.5 Å². The van der Waals surface area contributed by atoms with E-state index < -0.39 is 5.60 Å². The minimum atomic E-state index is -1.17. The Morgan fingerprint density at radius 2 is 1.94 bits per heavy atom. The highest BCUT2D eigenvalue weighted by Crippen LogP contribution is 2.40. The second kappa shape index (κ2) is 7.85. The molecule has 8 nitrogen and oxygen atoms in total. The van der Waals surface area contributed by atoms with Crippen LogP contribution in [0.15, 0.2) is 35.1 Å². The highest BCUT2D eigenvalue weighted by atomic mass is 35.5. The van der Waals surface area contributed by atoms with Gasteiger partial charge in [0.2, 0.25) is 5.95 Å². The van der Waals surface area contributed by atoms with Crippen LogP contribution < -0.4 is 15.6 Å². The summed E-state index contributed by atoms with van der Waals surface area (Å²) in [5.74, 6) is 1.19. The summed E-state index contributed by atoms with van der Waals surface area (Å²) >= 11 is 5.92. The SMILES string of the molecule is Cc1nc(-n2nc(C3CC3)cc2NC(=O)C(C)(C)Oc2ccc(Cl)cc2)[nH]c(=O)c1C. The van der Waals surface area contributed by atoms with E-state index >= 15 is 0 Å². The third-order valence-electron chi connectivity index (χ3n) is 5.28. The highest BCUT2D eigenvalue weighted by Gasteiger charge is 2.33. The number of hydrogen-bond acceptors (Lipinski definition) is 5. The lowest BCUT2D eigenvalue weighted by atomic mass is 10.1. The maximum Gasteiger partial charge on any atom is 0.269 e. The van der Waals surface area contributed by atoms with Gasteiger partial charge in [-0.15, -0.1) is 0 Å². The Balaban J connectivity index is 1.63. The number of amides is 1. The first kappa shape index (κ1) is 21.1. The molecular weight excluding hydrogens is 418 g/mol. The van der Waals surface area contributed by atoms with Crippen molar-refractivity contribution in [2.75, 3.05) is 5.32 Å². The van der Waals surface area contributed by atoms with Crippen LogP contribution >= 0.6 is 11.6 Å². The lowest BCUT2D eigenvalue weighted by Gasteiger charge is -2.25. The van der Waals surface area contributed by atoms with Gasteiger partial charge >= 0.3 is 0 Å². The smallest absolute Gasteiger partial charge is 0.269 e. The molecule has 3 aromatic rings. The Morgan fingerprint density at radius 1 is 1.26 bits per heavy atom. The van der Waals surface area contributed by atoms with Gasteiger partial charge in [-0.2, -0.15) is 9.78 Å². The number of H-pyrrole nitrogens is 1. The molecule has 162 valence electrons. The standard InChI is InChI=1S/C22H24ClN5O3/c1-12-13(2)24-21(26-19(12)29)28-18(11-17(27-28)14-5-6-14)25-20(30)22(3,4)31-16-9-7-15(23)8-10-16/h7-11,14H,5-6H2,1-4H3,(H,25,30)(H,24,26,29). The van der Waals surface area contributed by atoms with Crippen molar-refractivity contribution in [3.05, 3.63) is 62.7 Å². The Bertz CT molecular complexity index is 1190. The Morgan fingerprint density at radius 3 is 2.55 bits per heavy atom. The molecule has 1 aliphatic carbocycles. The van der Waals surface area contributed by atoms with Gasteiger partial charge in [0.15, 0.2) is 5.60 Å². The number of aryl methyl sites for hydroxylation is 1. The van der Waals surface area contributed by atoms with Gasteiger partial charge in [-0.25, -0.2) is 4.98 Å². The zero-order chi connectivity index (χ0) is 22.3. The fourth-order valence-electron chi connectivity index (χ4n) is 3.07. The fraction of sp³-hybridized carbons (Fsp3) is 0.364. The number of aromatic nitrogens is 4. The van der Waals surface area contributed by atoms with Crippen LogP contribution in [0.4, 0.5) is 5.82 Å². The van der Waals surface area contributed by atoms with E-state index in [1.807, 2.05) is 6.07 Å². The maximum atomic E-state index is 13.1. The number of nitrogens with one attached hydrogen (secondary N) is 2. The van der Waals surface area contributed by atoms with Crippen molar-refractivity contribution >= 4 is 23.3 Å². The molecule has 1 fully saturated rings. The maximum absolute atomic E-state index is 13.1. The first-order valence-electron chi connectivity index (χ1n) is 10.1. The van der Waals surface area contributed by atoms with Crippen molar-refractivity contribution in [3.8, 4) is 11.7 Å². The predicted octanol–water partition coefficient (Wildman–Crippen LogP) is 3.90. The average Bonchev–Trinajstić information content (AvgIpc) is 3.48. The molecule has 9 heteroatoms. The Labute approximate surface area is 184 Å². The van der Waals surface area contributed by atoms with E-state index in [0.29, 0.717) is 33.8 Å². The lowest BCUT2D eigenvalue weighted by molar-refractivity contribution is -0.128. The molecule has 1 aromatic carbocycles. The van der Waals surface area contributed by atoms with E-state index in [0.717, 1.165) is 18.5 Å². The zero-order valence-corrected chi connectivity index (χ0v) is 18.6. The second-order valence-corrected chi connectivity index (χ2v) is 8.70. The first-order valence-corrected chi connectivity index (χ1v) is 10.5. The zero-order valence-electron chi connectivity index (χ0n) is 17.8. The summed E-state index contributed by atoms with van der Waals surface area (Å²) in [5, 5.41) is 8.07. The lowest BCUT2D eigenvalue weighted by Crippen LogP contribution is -2.43. The van der Waals surface area contributed by atoms with Gasteiger partial charge in [0, 0.05) is 28.3 Å². The molecule has 0 saturated heterocycles. The average molecular weight is 442 g/mol. The van der Waals surface area contributed by atoms with Gasteiger partial charge in [0.1, 0.15) is 11.6 Å². The number of nitrogens with zero attached hydrogens (tertiary/aromatic N) is 3. The van der Waals surface area contributed by atoms with Gasteiger partial charge in [-0.1, -0.05) is 11.6 Å². The summed E-state index contributed by atoms with van der Waals surface area (Å²) in [6.45, 7) is 6.83. The molecular formula is C22H24ClN5O3. The van der Waals surface area contributed by atoms with Gasteiger partial charge in [0.05, 0.1) is 5.69 Å². The number of carbonyl (C=O) groups excluding carboxylic acids is 1. The Hall–Kier alpha value is -3.13. The van der Waals surface area contributed by atoms with Crippen LogP contribution in [0.5, 0.6) is 5.75 Å².